The molecular weight excluding hydrogens is 1010 g/mol. The number of hydrogen-bond acceptors (Lipinski definition) is 24. The van der Waals surface area contributed by atoms with Gasteiger partial charge in [0.15, 0.2) is 31.1 Å². The van der Waals surface area contributed by atoms with Crippen LogP contribution in [0.5, 0.6) is 0 Å². The zero-order chi connectivity index (χ0) is 54.5. The maximum atomic E-state index is 13.0. The van der Waals surface area contributed by atoms with Crippen molar-refractivity contribution >= 4 is 11.9 Å². The predicted octanol–water partition coefficient (Wildman–Crippen LogP) is -4.54. The molecule has 9 unspecified atom stereocenters. The summed E-state index contributed by atoms with van der Waals surface area (Å²) in [6, 6.07) is 0. The molecule has 8 rings (SSSR count). The van der Waals surface area contributed by atoms with E-state index in [4.69, 9.17) is 42.6 Å². The molecule has 0 amide bonds. The minimum Gasteiger partial charge on any atom is -0.460 e. The van der Waals surface area contributed by atoms with Crippen LogP contribution in [0.1, 0.15) is 89.9 Å². The third-order valence-electron chi connectivity index (χ3n) is 16.9. The molecule has 25 nitrogen and oxygen atoms in total. The van der Waals surface area contributed by atoms with Gasteiger partial charge in [-0.3, -0.25) is 0 Å². The molecule has 0 aromatic rings. The summed E-state index contributed by atoms with van der Waals surface area (Å²) < 4.78 is 53.3. The van der Waals surface area contributed by atoms with Crippen molar-refractivity contribution in [1.29, 1.82) is 0 Å². The SMILES string of the molecule is O=C(C=CC1CCC(O)C(O)C1)OC[C@H]1O[C@@H](O[C@H]2[C@H](OC3CC4C(O[C@@H]5O[C@H](CO)[C@@H](O)[C@H](O)[C@H]5O)CC(O)CC4[OH+]C3C3CCC(O)CC3)O[C@H](COC(=O)C=CC3CCC(O)CC3)[C@@H](O)[C@@H]2O)[C@H](O)[C@@H](O)[C@@H]1O. The van der Waals surface area contributed by atoms with Crippen LogP contribution in [-0.2, 0) is 47.5 Å². The van der Waals surface area contributed by atoms with Crippen molar-refractivity contribution < 1.29 is 124 Å². The summed E-state index contributed by atoms with van der Waals surface area (Å²) in [6.45, 7) is -1.98. The van der Waals surface area contributed by atoms with Gasteiger partial charge in [0, 0.05) is 30.9 Å². The van der Waals surface area contributed by atoms with Gasteiger partial charge in [-0.05, 0) is 88.9 Å². The number of esters is 2. The van der Waals surface area contributed by atoms with E-state index in [9.17, 15) is 81.1 Å². The molecule has 8 aliphatic rings. The fourth-order valence-corrected chi connectivity index (χ4v) is 12.2. The van der Waals surface area contributed by atoms with Crippen molar-refractivity contribution in [3.05, 3.63) is 24.3 Å². The van der Waals surface area contributed by atoms with Crippen LogP contribution >= 0.6 is 0 Å². The summed E-state index contributed by atoms with van der Waals surface area (Å²) in [5.74, 6) is -2.65. The number of rotatable bonds is 16. The van der Waals surface area contributed by atoms with Crippen LogP contribution in [0.15, 0.2) is 24.3 Å². The lowest BCUT2D eigenvalue weighted by Crippen LogP contribution is -2.66. The van der Waals surface area contributed by atoms with Crippen LogP contribution in [-0.4, -0.2) is 255 Å². The van der Waals surface area contributed by atoms with Crippen LogP contribution in [0.2, 0.25) is 0 Å². The highest BCUT2D eigenvalue weighted by Gasteiger charge is 2.58. The molecule has 0 aromatic heterocycles. The summed E-state index contributed by atoms with van der Waals surface area (Å²) in [5.41, 5.74) is 0. The molecule has 4 aliphatic carbocycles. The molecule has 4 saturated heterocycles. The third kappa shape index (κ3) is 14.5. The summed E-state index contributed by atoms with van der Waals surface area (Å²) in [4.78, 5) is 25.8. The quantitative estimate of drug-likeness (QED) is 0.0393. The van der Waals surface area contributed by atoms with Gasteiger partial charge in [-0.2, -0.15) is 0 Å². The fraction of sp³-hybridized carbons (Fsp3) is 0.882. The molecule has 24 atom stereocenters. The lowest BCUT2D eigenvalue weighted by molar-refractivity contribution is -0.389. The molecule has 15 N–H and O–H groups in total. The molecule has 0 radical (unpaired) electrons. The molecule has 76 heavy (non-hydrogen) atoms. The van der Waals surface area contributed by atoms with Gasteiger partial charge in [0.05, 0.1) is 49.1 Å². The van der Waals surface area contributed by atoms with Gasteiger partial charge in [0.25, 0.3) is 0 Å². The first-order chi connectivity index (χ1) is 36.3. The lowest BCUT2D eigenvalue weighted by Gasteiger charge is -2.50. The number of allylic oxidation sites excluding steroid dienone is 2. The number of fused-ring (bicyclic) bond motifs is 1. The second kappa shape index (κ2) is 26.9. The summed E-state index contributed by atoms with van der Waals surface area (Å²) in [6.07, 6.45) is -21.6. The van der Waals surface area contributed by atoms with Gasteiger partial charge >= 0.3 is 11.9 Å². The number of hydrogen-bond donors (Lipinski definition) is 14. The van der Waals surface area contributed by atoms with E-state index < -0.39 is 185 Å². The first-order valence-electron chi connectivity index (χ1n) is 27.1. The van der Waals surface area contributed by atoms with E-state index in [1.165, 1.54) is 12.2 Å². The van der Waals surface area contributed by atoms with Crippen LogP contribution in [0, 0.1) is 23.7 Å². The van der Waals surface area contributed by atoms with Gasteiger partial charge in [0.2, 0.25) is 0 Å². The predicted molar refractivity (Wildman–Crippen MR) is 254 cm³/mol. The Morgan fingerprint density at radius 2 is 0.987 bits per heavy atom. The van der Waals surface area contributed by atoms with E-state index in [0.29, 0.717) is 64.2 Å². The maximum absolute atomic E-state index is 13.0. The fourth-order valence-electron chi connectivity index (χ4n) is 12.2. The number of aliphatic hydroxyl groups excluding tert-OH is 14. The van der Waals surface area contributed by atoms with Gasteiger partial charge in [-0.15, -0.1) is 0 Å². The minimum atomic E-state index is -2.02. The Labute approximate surface area is 439 Å². The second-order valence-corrected chi connectivity index (χ2v) is 22.2. The van der Waals surface area contributed by atoms with Gasteiger partial charge < -0.3 is 114 Å². The maximum Gasteiger partial charge on any atom is 0.330 e. The highest BCUT2D eigenvalue weighted by Crippen LogP contribution is 2.44. The van der Waals surface area contributed by atoms with Gasteiger partial charge in [-0.1, -0.05) is 12.2 Å². The topological polar surface area (TPSA) is 404 Å². The van der Waals surface area contributed by atoms with Crippen molar-refractivity contribution in [3.8, 4) is 0 Å². The molecule has 4 saturated carbocycles. The Morgan fingerprint density at radius 1 is 0.474 bits per heavy atom. The van der Waals surface area contributed by atoms with E-state index in [1.807, 2.05) is 0 Å². The van der Waals surface area contributed by atoms with Crippen LogP contribution in [0.3, 0.4) is 0 Å². The summed E-state index contributed by atoms with van der Waals surface area (Å²) in [5, 5.41) is 150. The molecule has 4 heterocycles. The molecule has 0 aromatic carbocycles. The van der Waals surface area contributed by atoms with E-state index >= 15 is 0 Å². The first kappa shape index (κ1) is 59.7. The third-order valence-corrected chi connectivity index (χ3v) is 16.9. The standard InChI is InChI=1S/C51H80O25/c52-19-34-39(60)42(63)45(66)49(73-34)71-32-17-27(55)16-31-28(32)18-33(47(70-31)24-6-10-26(54)11-7-24)72-51-48(44(65)41(62)36(75-51)21-69-37(58)13-4-22-1-8-25(53)9-2-22)76-50-46(67)43(64)40(61)35(74-50)20-68-38(59)14-5-23-3-12-29(56)30(57)15-23/h4-5,13-14,22-36,39-57,60-67H,1-3,6-12,15-21H2/p+1/t22?,23?,24?,25?,26?,27?,28?,29?,30?,31?,32?,33?,34-,35-,36-,39-,40-,41-,42+,43+,44+,45-,46-,47?,48-,49-,50+,51-/m1/s1. The van der Waals surface area contributed by atoms with E-state index in [1.54, 1.807) is 6.08 Å². The average molecular weight is 1090 g/mol. The Balaban J connectivity index is 1.03. The Morgan fingerprint density at radius 3 is 1.59 bits per heavy atom. The van der Waals surface area contributed by atoms with E-state index in [2.05, 4.69) is 0 Å². The van der Waals surface area contributed by atoms with E-state index in [0.717, 1.165) is 6.08 Å². The number of carbonyl (C=O) groups excluding carboxylic acids is 2. The highest BCUT2D eigenvalue weighted by atomic mass is 16.8. The van der Waals surface area contributed by atoms with Crippen LogP contribution < -0.4 is 0 Å². The molecule has 25 heteroatoms. The highest BCUT2D eigenvalue weighted by molar-refractivity contribution is 5.82. The molecule has 4 aliphatic heterocycles. The Kier molecular flexibility index (Phi) is 21.1. The van der Waals surface area contributed by atoms with Crippen molar-refractivity contribution in [1.82, 2.24) is 0 Å². The zero-order valence-corrected chi connectivity index (χ0v) is 42.3. The van der Waals surface area contributed by atoms with Crippen molar-refractivity contribution in [3.63, 3.8) is 0 Å². The number of carbonyl (C=O) groups is 2. The van der Waals surface area contributed by atoms with Gasteiger partial charge in [0.1, 0.15) is 92.6 Å². The molecular formula is C51H81O25+. The average Bonchev–Trinajstić information content (AvgIpc) is 3.41. The monoisotopic (exact) mass is 1090 g/mol. The normalized spacial score (nSPS) is 48.6. The zero-order valence-electron chi connectivity index (χ0n) is 42.3. The van der Waals surface area contributed by atoms with E-state index in [-0.39, 0.29) is 43.4 Å². The summed E-state index contributed by atoms with van der Waals surface area (Å²) >= 11 is 0. The van der Waals surface area contributed by atoms with Gasteiger partial charge in [-0.25, -0.2) is 9.59 Å². The largest absolute Gasteiger partial charge is 0.460 e. The van der Waals surface area contributed by atoms with Crippen LogP contribution in [0.4, 0.5) is 0 Å². The minimum absolute atomic E-state index is 0.00733. The molecule has 434 valence electrons. The lowest BCUT2D eigenvalue weighted by atomic mass is 9.73. The molecule has 0 bridgehead atoms. The van der Waals surface area contributed by atoms with Crippen molar-refractivity contribution in [2.75, 3.05) is 19.8 Å². The Hall–Kier alpha value is -2.42. The first-order valence-corrected chi connectivity index (χ1v) is 27.1. The van der Waals surface area contributed by atoms with Crippen molar-refractivity contribution in [2.24, 2.45) is 23.7 Å². The summed E-state index contributed by atoms with van der Waals surface area (Å²) in [7, 11) is 0. The second-order valence-electron chi connectivity index (χ2n) is 22.2. The Bertz CT molecular complexity index is 1900. The molecule has 0 spiro atoms. The number of aliphatic hydroxyl groups is 16. The van der Waals surface area contributed by atoms with Crippen molar-refractivity contribution in [2.45, 2.75) is 237 Å². The number of ether oxygens (including phenoxy) is 9. The molecule has 8 fully saturated rings. The smallest absolute Gasteiger partial charge is 0.330 e. The van der Waals surface area contributed by atoms with Crippen LogP contribution in [0.25, 0.3) is 0 Å².